The number of hydrogen-bond donors (Lipinski definition) is 2. The first-order valence-electron chi connectivity index (χ1n) is 12.6. The van der Waals surface area contributed by atoms with Crippen molar-refractivity contribution in [2.75, 3.05) is 18.5 Å². The lowest BCUT2D eigenvalue weighted by atomic mass is 10.1. The molecule has 11 heteroatoms. The van der Waals surface area contributed by atoms with E-state index in [-0.39, 0.29) is 18.4 Å². The first-order valence-corrected chi connectivity index (χ1v) is 12.6. The van der Waals surface area contributed by atoms with Crippen molar-refractivity contribution in [2.45, 2.75) is 63.5 Å². The number of ether oxygens (including phenoxy) is 2. The topological polar surface area (TPSA) is 125 Å². The van der Waals surface area contributed by atoms with Gasteiger partial charge in [0.1, 0.15) is 0 Å². The third-order valence-corrected chi connectivity index (χ3v) is 6.77. The summed E-state index contributed by atoms with van der Waals surface area (Å²) in [5, 5.41) is 26.1. The number of fused-ring (bicyclic) bond motifs is 1. The van der Waals surface area contributed by atoms with E-state index in [1.54, 1.807) is 10.9 Å². The monoisotopic (exact) mass is 490 g/mol. The Hall–Kier alpha value is -3.41. The molecule has 3 aromatic heterocycles. The lowest BCUT2D eigenvalue weighted by molar-refractivity contribution is -0.163. The highest BCUT2D eigenvalue weighted by Gasteiger charge is 2.23. The lowest BCUT2D eigenvalue weighted by Crippen LogP contribution is -2.24. The van der Waals surface area contributed by atoms with Gasteiger partial charge in [0.2, 0.25) is 5.95 Å². The molecule has 2 fully saturated rings. The van der Waals surface area contributed by atoms with E-state index in [2.05, 4.69) is 30.7 Å². The minimum atomic E-state index is -0.256. The van der Waals surface area contributed by atoms with Gasteiger partial charge < -0.3 is 19.9 Å². The maximum atomic E-state index is 9.78. The van der Waals surface area contributed by atoms with E-state index in [1.165, 1.54) is 0 Å². The van der Waals surface area contributed by atoms with Crippen LogP contribution in [-0.4, -0.2) is 71.5 Å². The Kier molecular flexibility index (Phi) is 6.58. The molecular formula is C25H30N8O3. The molecule has 0 spiro atoms. The number of nitrogens with one attached hydrogen (secondary N) is 1. The van der Waals surface area contributed by atoms with E-state index in [0.717, 1.165) is 55.5 Å². The van der Waals surface area contributed by atoms with Crippen molar-refractivity contribution in [3.8, 4) is 16.8 Å². The van der Waals surface area contributed by atoms with Crippen LogP contribution in [0.2, 0.25) is 0 Å². The van der Waals surface area contributed by atoms with Gasteiger partial charge in [-0.25, -0.2) is 4.98 Å². The van der Waals surface area contributed by atoms with Crippen LogP contribution >= 0.6 is 0 Å². The highest BCUT2D eigenvalue weighted by molar-refractivity contribution is 5.72. The van der Waals surface area contributed by atoms with Gasteiger partial charge in [-0.15, -0.1) is 5.10 Å². The standard InChI is InChI=1S/C25H30N8O3/c34-21-9-6-19(13-21)28-25-26-15-22-24(29-25)33(31-30-22)20-7-4-17(5-8-20)18-14-27-32(16-18)10-12-36-23-3-1-2-11-35-23/h4-5,7-8,14-16,19,21,23,34H,1-3,6,9-13H2,(H,26,28,29). The van der Waals surface area contributed by atoms with Crippen LogP contribution in [0.25, 0.3) is 28.0 Å². The van der Waals surface area contributed by atoms with Gasteiger partial charge in [0.15, 0.2) is 17.5 Å². The van der Waals surface area contributed by atoms with Crippen LogP contribution in [-0.2, 0) is 16.0 Å². The fraction of sp³-hybridized carbons (Fsp3) is 0.480. The van der Waals surface area contributed by atoms with Crippen LogP contribution in [0.4, 0.5) is 5.95 Å². The maximum Gasteiger partial charge on any atom is 0.225 e. The summed E-state index contributed by atoms with van der Waals surface area (Å²) in [4.78, 5) is 9.01. The molecule has 3 atom stereocenters. The average molecular weight is 491 g/mol. The van der Waals surface area contributed by atoms with Crippen molar-refractivity contribution in [3.05, 3.63) is 42.9 Å². The van der Waals surface area contributed by atoms with E-state index in [9.17, 15) is 5.11 Å². The highest BCUT2D eigenvalue weighted by Crippen LogP contribution is 2.24. The van der Waals surface area contributed by atoms with E-state index in [0.29, 0.717) is 36.7 Å². The molecule has 1 aliphatic carbocycles. The molecule has 0 amide bonds. The predicted octanol–water partition coefficient (Wildman–Crippen LogP) is 2.94. The molecule has 1 saturated heterocycles. The number of anilines is 1. The fourth-order valence-corrected chi connectivity index (χ4v) is 4.79. The smallest absolute Gasteiger partial charge is 0.225 e. The third-order valence-electron chi connectivity index (χ3n) is 6.77. The Morgan fingerprint density at radius 3 is 2.81 bits per heavy atom. The van der Waals surface area contributed by atoms with Crippen molar-refractivity contribution < 1.29 is 14.6 Å². The summed E-state index contributed by atoms with van der Waals surface area (Å²) in [7, 11) is 0. The summed E-state index contributed by atoms with van der Waals surface area (Å²) >= 11 is 0. The lowest BCUT2D eigenvalue weighted by Gasteiger charge is -2.22. The minimum absolute atomic E-state index is 0.0815. The molecule has 4 heterocycles. The number of aromatic nitrogens is 7. The van der Waals surface area contributed by atoms with E-state index < -0.39 is 0 Å². The fourth-order valence-electron chi connectivity index (χ4n) is 4.79. The highest BCUT2D eigenvalue weighted by atomic mass is 16.7. The first-order chi connectivity index (χ1) is 17.7. The van der Waals surface area contributed by atoms with Crippen LogP contribution in [0.1, 0.15) is 38.5 Å². The van der Waals surface area contributed by atoms with Gasteiger partial charge in [-0.3, -0.25) is 4.68 Å². The molecule has 1 aliphatic heterocycles. The summed E-state index contributed by atoms with van der Waals surface area (Å²) in [5.41, 5.74) is 4.21. The quantitative estimate of drug-likeness (QED) is 0.383. The van der Waals surface area contributed by atoms with Crippen molar-refractivity contribution in [2.24, 2.45) is 0 Å². The number of benzene rings is 1. The second-order valence-corrected chi connectivity index (χ2v) is 9.42. The zero-order valence-corrected chi connectivity index (χ0v) is 20.0. The SMILES string of the molecule is OC1CCC(Nc2ncc3nnn(-c4ccc(-c5cnn(CCOC6CCCCO6)c5)cc4)c3n2)C1. The number of aliphatic hydroxyl groups is 1. The van der Waals surface area contributed by atoms with Crippen LogP contribution in [0.3, 0.4) is 0 Å². The summed E-state index contributed by atoms with van der Waals surface area (Å²) in [5.74, 6) is 0.521. The molecule has 36 heavy (non-hydrogen) atoms. The molecule has 0 bridgehead atoms. The normalized spacial score (nSPS) is 22.3. The number of hydrogen-bond acceptors (Lipinski definition) is 9. The predicted molar refractivity (Wildman–Crippen MR) is 132 cm³/mol. The first kappa shape index (κ1) is 23.0. The van der Waals surface area contributed by atoms with Crippen molar-refractivity contribution in [1.29, 1.82) is 0 Å². The Balaban J connectivity index is 1.12. The molecule has 4 aromatic rings. The van der Waals surface area contributed by atoms with Gasteiger partial charge in [-0.05, 0) is 56.2 Å². The average Bonchev–Trinajstić information content (AvgIpc) is 3.65. The Bertz CT molecular complexity index is 1300. The molecule has 1 aromatic carbocycles. The van der Waals surface area contributed by atoms with Gasteiger partial charge in [-0.1, -0.05) is 17.3 Å². The van der Waals surface area contributed by atoms with Crippen molar-refractivity contribution in [1.82, 2.24) is 34.7 Å². The van der Waals surface area contributed by atoms with E-state index >= 15 is 0 Å². The molecular weight excluding hydrogens is 460 g/mol. The van der Waals surface area contributed by atoms with Crippen molar-refractivity contribution in [3.63, 3.8) is 0 Å². The summed E-state index contributed by atoms with van der Waals surface area (Å²) in [6.45, 7) is 2.04. The largest absolute Gasteiger partial charge is 0.393 e. The molecule has 3 unspecified atom stereocenters. The van der Waals surface area contributed by atoms with E-state index in [1.807, 2.05) is 41.3 Å². The summed E-state index contributed by atoms with van der Waals surface area (Å²) in [6, 6.07) is 8.24. The minimum Gasteiger partial charge on any atom is -0.393 e. The van der Waals surface area contributed by atoms with Crippen LogP contribution in [0.15, 0.2) is 42.9 Å². The zero-order chi connectivity index (χ0) is 24.3. The number of aliphatic hydroxyl groups excluding tert-OH is 1. The molecule has 11 nitrogen and oxygen atoms in total. The van der Waals surface area contributed by atoms with E-state index in [4.69, 9.17) is 9.47 Å². The van der Waals surface area contributed by atoms with Gasteiger partial charge in [0.05, 0.1) is 37.3 Å². The molecule has 2 aliphatic rings. The van der Waals surface area contributed by atoms with Crippen LogP contribution in [0, 0.1) is 0 Å². The Labute approximate surface area is 208 Å². The molecule has 2 N–H and O–H groups in total. The summed E-state index contributed by atoms with van der Waals surface area (Å²) < 4.78 is 15.0. The molecule has 188 valence electrons. The third kappa shape index (κ3) is 5.08. The zero-order valence-electron chi connectivity index (χ0n) is 20.0. The second-order valence-electron chi connectivity index (χ2n) is 9.42. The second kappa shape index (κ2) is 10.3. The Morgan fingerprint density at radius 1 is 1.08 bits per heavy atom. The van der Waals surface area contributed by atoms with Gasteiger partial charge in [0, 0.05) is 24.4 Å². The number of nitrogens with zero attached hydrogens (tertiary/aromatic N) is 7. The van der Waals surface area contributed by atoms with Gasteiger partial charge in [0.25, 0.3) is 0 Å². The maximum absolute atomic E-state index is 9.78. The van der Waals surface area contributed by atoms with Gasteiger partial charge >= 0.3 is 0 Å². The Morgan fingerprint density at radius 2 is 2.00 bits per heavy atom. The number of rotatable bonds is 8. The van der Waals surface area contributed by atoms with Gasteiger partial charge in [-0.2, -0.15) is 14.8 Å². The molecule has 0 radical (unpaired) electrons. The van der Waals surface area contributed by atoms with Crippen LogP contribution in [0.5, 0.6) is 0 Å². The molecule has 6 rings (SSSR count). The summed E-state index contributed by atoms with van der Waals surface area (Å²) in [6.07, 6.45) is 10.9. The molecule has 1 saturated carbocycles. The van der Waals surface area contributed by atoms with Crippen LogP contribution < -0.4 is 5.32 Å². The van der Waals surface area contributed by atoms with Crippen molar-refractivity contribution >= 4 is 17.1 Å².